The monoisotopic (exact) mass is 287 g/mol. The number of nitrogens with one attached hydrogen (secondary N) is 1. The maximum Gasteiger partial charge on any atom is 0.573 e. The summed E-state index contributed by atoms with van der Waals surface area (Å²) in [6, 6.07) is 0. The largest absolute Gasteiger partial charge is 0.573 e. The highest BCUT2D eigenvalue weighted by molar-refractivity contribution is 5.90. The van der Waals surface area contributed by atoms with Gasteiger partial charge in [-0.3, -0.25) is 4.79 Å². The summed E-state index contributed by atoms with van der Waals surface area (Å²) in [5.41, 5.74) is -4.01. The molecular formula is C9H6F5NO4. The van der Waals surface area contributed by atoms with Gasteiger partial charge in [-0.2, -0.15) is 0 Å². The van der Waals surface area contributed by atoms with Gasteiger partial charge in [0.2, 0.25) is 11.2 Å². The van der Waals surface area contributed by atoms with Crippen LogP contribution >= 0.6 is 0 Å². The van der Waals surface area contributed by atoms with Crippen molar-refractivity contribution in [1.29, 1.82) is 0 Å². The van der Waals surface area contributed by atoms with Gasteiger partial charge in [-0.25, -0.2) is 13.6 Å². The Hall–Kier alpha value is -2.13. The number of ether oxygens (including phenoxy) is 2. The fourth-order valence-corrected chi connectivity index (χ4v) is 1.15. The lowest BCUT2D eigenvalue weighted by Gasteiger charge is -2.12. The summed E-state index contributed by atoms with van der Waals surface area (Å²) >= 11 is 0. The normalized spacial score (nSPS) is 11.5. The van der Waals surface area contributed by atoms with Crippen molar-refractivity contribution in [2.75, 3.05) is 7.11 Å². The highest BCUT2D eigenvalue weighted by atomic mass is 19.4. The molecule has 19 heavy (non-hydrogen) atoms. The van der Waals surface area contributed by atoms with Crippen molar-refractivity contribution in [3.8, 4) is 5.75 Å². The number of rotatable bonds is 3. The smallest absolute Gasteiger partial charge is 0.464 e. The summed E-state index contributed by atoms with van der Waals surface area (Å²) in [6.07, 6.45) is -8.23. The van der Waals surface area contributed by atoms with E-state index in [0.717, 1.165) is 7.11 Å². The van der Waals surface area contributed by atoms with Crippen LogP contribution in [0.4, 0.5) is 22.0 Å². The summed E-state index contributed by atoms with van der Waals surface area (Å²) in [5, 5.41) is 0. The van der Waals surface area contributed by atoms with Crippen LogP contribution in [0.2, 0.25) is 0 Å². The number of halogens is 5. The molecule has 1 heterocycles. The topological polar surface area (TPSA) is 68.4 Å². The van der Waals surface area contributed by atoms with Gasteiger partial charge >= 0.3 is 12.3 Å². The number of methoxy groups -OCH3 is 1. The summed E-state index contributed by atoms with van der Waals surface area (Å²) < 4.78 is 68.4. The average Bonchev–Trinajstić information content (AvgIpc) is 2.28. The Kier molecular flexibility index (Phi) is 4.12. The number of carbonyl (C=O) groups excluding carboxylic acids is 1. The molecule has 1 rings (SSSR count). The van der Waals surface area contributed by atoms with Crippen molar-refractivity contribution in [2.45, 2.75) is 12.8 Å². The molecule has 1 aromatic heterocycles. The number of hydrogen-bond acceptors (Lipinski definition) is 4. The Morgan fingerprint density at radius 2 is 1.95 bits per heavy atom. The Labute approximate surface area is 101 Å². The standard InChI is InChI=1S/C9H6F5NO4/c1-18-8(17)4-6(19-9(12,13)14)5(16)3(2-15-4)7(10)11/h2,7H,1H3,(H,15,16). The van der Waals surface area contributed by atoms with E-state index in [2.05, 4.69) is 9.47 Å². The molecule has 10 heteroatoms. The number of aromatic amines is 1. The van der Waals surface area contributed by atoms with E-state index >= 15 is 0 Å². The van der Waals surface area contributed by atoms with Gasteiger partial charge in [0.25, 0.3) is 6.43 Å². The Morgan fingerprint density at radius 1 is 1.37 bits per heavy atom. The molecule has 0 unspecified atom stereocenters. The third-order valence-electron chi connectivity index (χ3n) is 1.91. The number of hydrogen-bond donors (Lipinski definition) is 1. The zero-order chi connectivity index (χ0) is 14.8. The Balaban J connectivity index is 3.46. The molecule has 0 aliphatic rings. The lowest BCUT2D eigenvalue weighted by Crippen LogP contribution is -2.26. The van der Waals surface area contributed by atoms with Gasteiger partial charge in [-0.15, -0.1) is 13.2 Å². The molecule has 0 amide bonds. The van der Waals surface area contributed by atoms with E-state index < -0.39 is 41.2 Å². The van der Waals surface area contributed by atoms with E-state index in [0.29, 0.717) is 6.20 Å². The number of carbonyl (C=O) groups is 1. The van der Waals surface area contributed by atoms with Gasteiger partial charge in [0.1, 0.15) is 0 Å². The van der Waals surface area contributed by atoms with Crippen LogP contribution in [0, 0.1) is 0 Å². The van der Waals surface area contributed by atoms with Crippen LogP contribution < -0.4 is 10.2 Å². The molecule has 5 nitrogen and oxygen atoms in total. The second-order valence-corrected chi connectivity index (χ2v) is 3.12. The van der Waals surface area contributed by atoms with E-state index in [-0.39, 0.29) is 0 Å². The first-order valence-corrected chi connectivity index (χ1v) is 4.55. The molecule has 0 aliphatic carbocycles. The molecule has 0 radical (unpaired) electrons. The Bertz CT molecular complexity index is 536. The Morgan fingerprint density at radius 3 is 2.37 bits per heavy atom. The highest BCUT2D eigenvalue weighted by Crippen LogP contribution is 2.25. The molecular weight excluding hydrogens is 281 g/mol. The van der Waals surface area contributed by atoms with Gasteiger partial charge in [0.15, 0.2) is 5.69 Å². The molecule has 0 saturated heterocycles. The van der Waals surface area contributed by atoms with Crippen molar-refractivity contribution in [3.05, 3.63) is 27.7 Å². The van der Waals surface area contributed by atoms with Crippen LogP contribution in [0.3, 0.4) is 0 Å². The van der Waals surface area contributed by atoms with E-state index in [9.17, 15) is 31.5 Å². The van der Waals surface area contributed by atoms with E-state index in [1.165, 1.54) is 0 Å². The summed E-state index contributed by atoms with van der Waals surface area (Å²) in [4.78, 5) is 24.3. The van der Waals surface area contributed by atoms with Crippen LogP contribution in [-0.4, -0.2) is 24.4 Å². The van der Waals surface area contributed by atoms with E-state index in [4.69, 9.17) is 0 Å². The van der Waals surface area contributed by atoms with Gasteiger partial charge in [0.05, 0.1) is 12.7 Å². The highest BCUT2D eigenvalue weighted by Gasteiger charge is 2.36. The second kappa shape index (κ2) is 5.24. The van der Waals surface area contributed by atoms with Crippen molar-refractivity contribution >= 4 is 5.97 Å². The third-order valence-corrected chi connectivity index (χ3v) is 1.91. The predicted molar refractivity (Wildman–Crippen MR) is 50.0 cm³/mol. The maximum atomic E-state index is 12.4. The first-order chi connectivity index (χ1) is 8.67. The van der Waals surface area contributed by atoms with E-state index in [1.54, 1.807) is 0 Å². The van der Waals surface area contributed by atoms with Crippen LogP contribution in [0.1, 0.15) is 22.5 Å². The van der Waals surface area contributed by atoms with E-state index in [1.807, 2.05) is 4.98 Å². The average molecular weight is 287 g/mol. The van der Waals surface area contributed by atoms with Crippen molar-refractivity contribution in [2.24, 2.45) is 0 Å². The summed E-state index contributed by atoms with van der Waals surface area (Å²) in [6.45, 7) is 0. The summed E-state index contributed by atoms with van der Waals surface area (Å²) in [7, 11) is 0.832. The van der Waals surface area contributed by atoms with Gasteiger partial charge in [-0.05, 0) is 0 Å². The van der Waals surface area contributed by atoms with Crippen molar-refractivity contribution in [1.82, 2.24) is 4.98 Å². The fourth-order valence-electron chi connectivity index (χ4n) is 1.15. The molecule has 0 aliphatic heterocycles. The maximum absolute atomic E-state index is 12.4. The zero-order valence-corrected chi connectivity index (χ0v) is 9.18. The fraction of sp³-hybridized carbons (Fsp3) is 0.333. The minimum Gasteiger partial charge on any atom is -0.464 e. The van der Waals surface area contributed by atoms with Gasteiger partial charge in [0, 0.05) is 6.20 Å². The van der Waals surface area contributed by atoms with Crippen LogP contribution in [0.25, 0.3) is 0 Å². The molecule has 0 bridgehead atoms. The predicted octanol–water partition coefficient (Wildman–Crippen LogP) is 2.00. The molecule has 0 atom stereocenters. The first kappa shape index (κ1) is 14.9. The SMILES string of the molecule is COC(=O)c1[nH]cc(C(F)F)c(=O)c1OC(F)(F)F. The van der Waals surface area contributed by atoms with Gasteiger partial charge in [-0.1, -0.05) is 0 Å². The summed E-state index contributed by atoms with van der Waals surface area (Å²) in [5.74, 6) is -2.95. The molecule has 0 saturated carbocycles. The third kappa shape index (κ3) is 3.42. The quantitative estimate of drug-likeness (QED) is 0.682. The molecule has 0 fully saturated rings. The molecule has 0 spiro atoms. The second-order valence-electron chi connectivity index (χ2n) is 3.12. The van der Waals surface area contributed by atoms with Gasteiger partial charge < -0.3 is 14.5 Å². The first-order valence-electron chi connectivity index (χ1n) is 4.55. The van der Waals surface area contributed by atoms with Crippen molar-refractivity contribution < 1.29 is 36.2 Å². The van der Waals surface area contributed by atoms with Crippen LogP contribution in [-0.2, 0) is 4.74 Å². The lowest BCUT2D eigenvalue weighted by molar-refractivity contribution is -0.275. The molecule has 106 valence electrons. The minimum absolute atomic E-state index is 0.419. The lowest BCUT2D eigenvalue weighted by atomic mass is 10.2. The van der Waals surface area contributed by atoms with Crippen LogP contribution in [0.5, 0.6) is 5.75 Å². The van der Waals surface area contributed by atoms with Crippen LogP contribution in [0.15, 0.2) is 11.0 Å². The number of esters is 1. The molecule has 1 aromatic rings. The number of pyridine rings is 1. The molecule has 0 aromatic carbocycles. The number of aromatic nitrogens is 1. The zero-order valence-electron chi connectivity index (χ0n) is 9.18. The number of H-pyrrole nitrogens is 1. The molecule has 1 N–H and O–H groups in total. The minimum atomic E-state index is -5.32. The van der Waals surface area contributed by atoms with Crippen molar-refractivity contribution in [3.63, 3.8) is 0 Å². The number of alkyl halides is 5.